The van der Waals surface area contributed by atoms with Crippen LogP contribution in [0.15, 0.2) is 52.3 Å². The number of rotatable bonds is 6. The number of thioether (sulfide) groups is 2. The number of carbonyl (C=O) groups is 1. The molecular formula is C19H20FNO2S2. The molecule has 0 saturated carbocycles. The molecule has 1 atom stereocenters. The fraction of sp³-hybridized carbons (Fsp3) is 0.316. The van der Waals surface area contributed by atoms with E-state index >= 15 is 0 Å². The van der Waals surface area contributed by atoms with Gasteiger partial charge >= 0.3 is 0 Å². The van der Waals surface area contributed by atoms with E-state index in [0.717, 1.165) is 33.3 Å². The Morgan fingerprint density at radius 1 is 1.32 bits per heavy atom. The molecule has 1 aliphatic rings. The fourth-order valence-corrected chi connectivity index (χ4v) is 4.51. The van der Waals surface area contributed by atoms with E-state index in [1.807, 2.05) is 31.2 Å². The number of hydrogen-bond donors (Lipinski definition) is 1. The highest BCUT2D eigenvalue weighted by Crippen LogP contribution is 2.36. The van der Waals surface area contributed by atoms with Gasteiger partial charge < -0.3 is 10.1 Å². The van der Waals surface area contributed by atoms with Crippen molar-refractivity contribution in [2.75, 3.05) is 18.1 Å². The average Bonchev–Trinajstić information content (AvgIpc) is 2.62. The minimum absolute atomic E-state index is 0.0361. The van der Waals surface area contributed by atoms with Gasteiger partial charge in [0, 0.05) is 15.5 Å². The molecule has 0 saturated heterocycles. The van der Waals surface area contributed by atoms with Gasteiger partial charge in [-0.05, 0) is 61.4 Å². The third-order valence-electron chi connectivity index (χ3n) is 3.85. The van der Waals surface area contributed by atoms with Crippen LogP contribution in [-0.4, -0.2) is 24.0 Å². The van der Waals surface area contributed by atoms with Crippen molar-refractivity contribution in [3.8, 4) is 5.75 Å². The van der Waals surface area contributed by atoms with E-state index in [0.29, 0.717) is 12.4 Å². The normalized spacial score (nSPS) is 16.2. The van der Waals surface area contributed by atoms with Gasteiger partial charge in [0.2, 0.25) is 5.91 Å². The zero-order valence-corrected chi connectivity index (χ0v) is 15.6. The first-order valence-electron chi connectivity index (χ1n) is 8.23. The molecule has 0 spiro atoms. The lowest BCUT2D eigenvalue weighted by Gasteiger charge is -2.26. The van der Waals surface area contributed by atoms with Crippen molar-refractivity contribution in [3.05, 3.63) is 53.8 Å². The van der Waals surface area contributed by atoms with Crippen molar-refractivity contribution >= 4 is 29.4 Å². The van der Waals surface area contributed by atoms with Gasteiger partial charge in [-0.25, -0.2) is 4.39 Å². The van der Waals surface area contributed by atoms with Gasteiger partial charge in [-0.2, -0.15) is 0 Å². The summed E-state index contributed by atoms with van der Waals surface area (Å²) in [4.78, 5) is 14.4. The monoisotopic (exact) mass is 377 g/mol. The van der Waals surface area contributed by atoms with Gasteiger partial charge in [0.05, 0.1) is 18.4 Å². The van der Waals surface area contributed by atoms with Crippen molar-refractivity contribution in [2.45, 2.75) is 29.2 Å². The zero-order valence-electron chi connectivity index (χ0n) is 14.0. The van der Waals surface area contributed by atoms with Gasteiger partial charge in [0.15, 0.2) is 0 Å². The molecule has 1 amide bonds. The summed E-state index contributed by atoms with van der Waals surface area (Å²) in [7, 11) is 0. The number of ether oxygens (including phenoxy) is 1. The molecule has 132 valence electrons. The highest BCUT2D eigenvalue weighted by Gasteiger charge is 2.22. The lowest BCUT2D eigenvalue weighted by atomic mass is 10.0. The molecule has 1 unspecified atom stereocenters. The van der Waals surface area contributed by atoms with Gasteiger partial charge in [0.25, 0.3) is 0 Å². The standard InChI is InChI=1S/C19H20FNO2S2/c1-2-23-14-4-6-15(7-5-14)25-12-19(22)21-17-9-10-24-18-8-3-13(20)11-16(17)18/h3-8,11,17H,2,9-10,12H2,1H3,(H,21,22). The number of amides is 1. The molecule has 0 radical (unpaired) electrons. The molecule has 0 aromatic heterocycles. The summed E-state index contributed by atoms with van der Waals surface area (Å²) in [5, 5.41) is 3.04. The van der Waals surface area contributed by atoms with E-state index in [2.05, 4.69) is 5.32 Å². The zero-order chi connectivity index (χ0) is 17.6. The van der Waals surface area contributed by atoms with E-state index in [9.17, 15) is 9.18 Å². The van der Waals surface area contributed by atoms with Crippen LogP contribution in [0.2, 0.25) is 0 Å². The molecule has 0 aliphatic carbocycles. The predicted molar refractivity (Wildman–Crippen MR) is 101 cm³/mol. The Morgan fingerprint density at radius 3 is 2.88 bits per heavy atom. The van der Waals surface area contributed by atoms with Crippen molar-refractivity contribution in [2.24, 2.45) is 0 Å². The Kier molecular flexibility index (Phi) is 6.26. The molecule has 1 heterocycles. The summed E-state index contributed by atoms with van der Waals surface area (Å²) in [6, 6.07) is 12.4. The lowest BCUT2D eigenvalue weighted by Crippen LogP contribution is -2.32. The molecule has 25 heavy (non-hydrogen) atoms. The highest BCUT2D eigenvalue weighted by atomic mass is 32.2. The third-order valence-corrected chi connectivity index (χ3v) is 5.99. The van der Waals surface area contributed by atoms with Crippen molar-refractivity contribution in [1.29, 1.82) is 0 Å². The second-order valence-corrected chi connectivity index (χ2v) is 7.82. The molecule has 3 rings (SSSR count). The van der Waals surface area contributed by atoms with Crippen LogP contribution in [0, 0.1) is 5.82 Å². The lowest BCUT2D eigenvalue weighted by molar-refractivity contribution is -0.119. The largest absolute Gasteiger partial charge is 0.494 e. The second-order valence-electron chi connectivity index (χ2n) is 5.63. The fourth-order valence-electron chi connectivity index (χ4n) is 2.70. The molecule has 3 nitrogen and oxygen atoms in total. The van der Waals surface area contributed by atoms with Crippen LogP contribution < -0.4 is 10.1 Å². The third kappa shape index (κ3) is 4.92. The van der Waals surface area contributed by atoms with E-state index < -0.39 is 0 Å². The summed E-state index contributed by atoms with van der Waals surface area (Å²) >= 11 is 3.19. The minimum atomic E-state index is -0.260. The first kappa shape index (κ1) is 18.1. The van der Waals surface area contributed by atoms with Crippen LogP contribution in [0.25, 0.3) is 0 Å². The molecule has 0 bridgehead atoms. The van der Waals surface area contributed by atoms with Gasteiger partial charge in [-0.1, -0.05) is 0 Å². The Labute approximate surface area is 155 Å². The van der Waals surface area contributed by atoms with E-state index in [1.165, 1.54) is 23.9 Å². The summed E-state index contributed by atoms with van der Waals surface area (Å²) in [5.41, 5.74) is 0.885. The first-order chi connectivity index (χ1) is 12.2. The molecule has 1 N–H and O–H groups in total. The number of halogens is 1. The van der Waals surface area contributed by atoms with E-state index in [-0.39, 0.29) is 17.8 Å². The maximum atomic E-state index is 13.5. The van der Waals surface area contributed by atoms with Crippen molar-refractivity contribution < 1.29 is 13.9 Å². The summed E-state index contributed by atoms with van der Waals surface area (Å²) in [6.45, 7) is 2.58. The Bertz CT molecular complexity index is 737. The quantitative estimate of drug-likeness (QED) is 0.743. The van der Waals surface area contributed by atoms with Gasteiger partial charge in [-0.3, -0.25) is 4.79 Å². The van der Waals surface area contributed by atoms with Crippen LogP contribution in [-0.2, 0) is 4.79 Å². The number of carbonyl (C=O) groups excluding carboxylic acids is 1. The summed E-state index contributed by atoms with van der Waals surface area (Å²) < 4.78 is 18.9. The summed E-state index contributed by atoms with van der Waals surface area (Å²) in [5.74, 6) is 1.79. The summed E-state index contributed by atoms with van der Waals surface area (Å²) in [6.07, 6.45) is 0.820. The van der Waals surface area contributed by atoms with E-state index in [4.69, 9.17) is 4.74 Å². The SMILES string of the molecule is CCOc1ccc(SCC(=O)NC2CCSc3ccc(F)cc32)cc1. The predicted octanol–water partition coefficient (Wildman–Crippen LogP) is 4.67. The number of nitrogens with one attached hydrogen (secondary N) is 1. The number of fused-ring (bicyclic) bond motifs is 1. The maximum Gasteiger partial charge on any atom is 0.230 e. The number of benzene rings is 2. The van der Waals surface area contributed by atoms with Gasteiger partial charge in [-0.15, -0.1) is 23.5 Å². The first-order valence-corrected chi connectivity index (χ1v) is 10.2. The van der Waals surface area contributed by atoms with Crippen LogP contribution in [0.3, 0.4) is 0 Å². The van der Waals surface area contributed by atoms with Gasteiger partial charge in [0.1, 0.15) is 11.6 Å². The van der Waals surface area contributed by atoms with E-state index in [1.54, 1.807) is 17.8 Å². The van der Waals surface area contributed by atoms with Crippen LogP contribution in [0.4, 0.5) is 4.39 Å². The van der Waals surface area contributed by atoms with Crippen LogP contribution >= 0.6 is 23.5 Å². The molecular weight excluding hydrogens is 357 g/mol. The van der Waals surface area contributed by atoms with Crippen molar-refractivity contribution in [3.63, 3.8) is 0 Å². The minimum Gasteiger partial charge on any atom is -0.494 e. The molecule has 6 heteroatoms. The molecule has 2 aromatic carbocycles. The Morgan fingerprint density at radius 2 is 2.12 bits per heavy atom. The Balaban J connectivity index is 1.56. The number of hydrogen-bond acceptors (Lipinski definition) is 4. The topological polar surface area (TPSA) is 38.3 Å². The maximum absolute atomic E-state index is 13.5. The highest BCUT2D eigenvalue weighted by molar-refractivity contribution is 8.00. The van der Waals surface area contributed by atoms with Crippen molar-refractivity contribution in [1.82, 2.24) is 5.32 Å². The second kappa shape index (κ2) is 8.63. The average molecular weight is 378 g/mol. The molecule has 0 fully saturated rings. The van der Waals surface area contributed by atoms with Crippen LogP contribution in [0.1, 0.15) is 24.9 Å². The smallest absolute Gasteiger partial charge is 0.230 e. The molecule has 1 aliphatic heterocycles. The van der Waals surface area contributed by atoms with Crippen LogP contribution in [0.5, 0.6) is 5.75 Å². The molecule has 2 aromatic rings. The Hall–Kier alpha value is -1.66.